The van der Waals surface area contributed by atoms with Gasteiger partial charge in [-0.1, -0.05) is 24.3 Å². The van der Waals surface area contributed by atoms with Gasteiger partial charge in [0.05, 0.1) is 24.9 Å². The summed E-state index contributed by atoms with van der Waals surface area (Å²) in [5, 5.41) is 10.6. The van der Waals surface area contributed by atoms with Crippen molar-refractivity contribution in [3.63, 3.8) is 0 Å². The van der Waals surface area contributed by atoms with Crippen molar-refractivity contribution in [2.45, 2.75) is 56.8 Å². The number of amides is 2. The topological polar surface area (TPSA) is 105 Å². The zero-order valence-corrected chi connectivity index (χ0v) is 28.7. The number of para-hydroxylation sites is 2. The van der Waals surface area contributed by atoms with Crippen LogP contribution in [-0.2, 0) is 11.0 Å². The molecule has 0 unspecified atom stereocenters. The molecule has 10 nitrogen and oxygen atoms in total. The van der Waals surface area contributed by atoms with Crippen LogP contribution in [0.25, 0.3) is 0 Å². The molecule has 1 N–H and O–H groups in total. The third kappa shape index (κ3) is 7.41. The second kappa shape index (κ2) is 15.3. The first-order valence-electron chi connectivity index (χ1n) is 16.9. The number of piperidine rings is 1. The summed E-state index contributed by atoms with van der Waals surface area (Å²) in [5.74, 6) is 0.0401. The van der Waals surface area contributed by atoms with Crippen molar-refractivity contribution in [1.29, 1.82) is 0 Å². The van der Waals surface area contributed by atoms with Gasteiger partial charge in [0.2, 0.25) is 11.5 Å². The van der Waals surface area contributed by atoms with Gasteiger partial charge in [0.25, 0.3) is 11.8 Å². The molecule has 50 heavy (non-hydrogen) atoms. The molecule has 3 aliphatic heterocycles. The summed E-state index contributed by atoms with van der Waals surface area (Å²) in [6.07, 6.45) is 3.15. The van der Waals surface area contributed by atoms with Crippen LogP contribution in [0.4, 0.5) is 18.9 Å². The first-order valence-corrected chi connectivity index (χ1v) is 17.8. The van der Waals surface area contributed by atoms with Crippen molar-refractivity contribution in [2.75, 3.05) is 57.4 Å². The third-order valence-electron chi connectivity index (χ3n) is 9.38. The predicted octanol–water partition coefficient (Wildman–Crippen LogP) is 5.73. The highest BCUT2D eigenvalue weighted by atomic mass is 32.1. The Hall–Kier alpha value is -4.30. The van der Waals surface area contributed by atoms with Crippen molar-refractivity contribution in [1.82, 2.24) is 14.8 Å². The summed E-state index contributed by atoms with van der Waals surface area (Å²) in [6.45, 7) is 4.06. The minimum atomic E-state index is -4.57. The van der Waals surface area contributed by atoms with Crippen LogP contribution in [0.1, 0.15) is 52.9 Å². The van der Waals surface area contributed by atoms with E-state index in [2.05, 4.69) is 9.88 Å². The van der Waals surface area contributed by atoms with Crippen LogP contribution in [0.5, 0.6) is 17.4 Å². The van der Waals surface area contributed by atoms with Gasteiger partial charge in [-0.3, -0.25) is 9.59 Å². The molecule has 2 aromatic heterocycles. The number of pyridine rings is 1. The number of aliphatic hydroxyl groups excluding tert-OH is 1. The number of alkyl halides is 3. The van der Waals surface area contributed by atoms with Crippen LogP contribution in [0.3, 0.4) is 0 Å². The first-order chi connectivity index (χ1) is 24.1. The quantitative estimate of drug-likeness (QED) is 0.310. The first kappa shape index (κ1) is 35.5. The molecule has 0 spiro atoms. The van der Waals surface area contributed by atoms with E-state index in [1.807, 2.05) is 36.4 Å². The second-order valence-corrected chi connectivity index (χ2v) is 13.5. The van der Waals surface area contributed by atoms with Crippen LogP contribution >= 0.6 is 11.3 Å². The number of anilines is 1. The summed E-state index contributed by atoms with van der Waals surface area (Å²) < 4.78 is 59.4. The molecule has 0 aliphatic carbocycles. The highest BCUT2D eigenvalue weighted by molar-refractivity contribution is 7.10. The number of benzene rings is 1. The normalized spacial score (nSPS) is 22.4. The van der Waals surface area contributed by atoms with Crippen molar-refractivity contribution in [3.05, 3.63) is 76.1 Å². The van der Waals surface area contributed by atoms with Crippen molar-refractivity contribution < 1.29 is 42.1 Å². The number of allylic oxidation sites excluding steroid dienone is 1. The molecule has 268 valence electrons. The van der Waals surface area contributed by atoms with Gasteiger partial charge in [-0.15, -0.1) is 11.3 Å². The molecule has 0 bridgehead atoms. The zero-order chi connectivity index (χ0) is 35.3. The van der Waals surface area contributed by atoms with Crippen LogP contribution in [0.2, 0.25) is 0 Å². The number of thiophene rings is 1. The smallest absolute Gasteiger partial charge is 0.425 e. The summed E-state index contributed by atoms with van der Waals surface area (Å²) in [5.41, 5.74) is 0.131. The highest BCUT2D eigenvalue weighted by Gasteiger charge is 2.56. The molecule has 2 fully saturated rings. The average molecular weight is 715 g/mol. The van der Waals surface area contributed by atoms with Crippen LogP contribution in [0, 0.1) is 6.92 Å². The Morgan fingerprint density at radius 1 is 1.12 bits per heavy atom. The number of aryl methyl sites for hydroxylation is 1. The van der Waals surface area contributed by atoms with E-state index in [4.69, 9.17) is 14.2 Å². The summed E-state index contributed by atoms with van der Waals surface area (Å²) in [6, 6.07) is 9.32. The van der Waals surface area contributed by atoms with Gasteiger partial charge in [0.15, 0.2) is 0 Å². The molecule has 3 aliphatic rings. The van der Waals surface area contributed by atoms with E-state index < -0.39 is 22.7 Å². The lowest BCUT2D eigenvalue weighted by Gasteiger charge is -2.50. The van der Waals surface area contributed by atoms with Crippen molar-refractivity contribution in [2.24, 2.45) is 0 Å². The molecular weight excluding hydrogens is 673 g/mol. The number of aliphatic hydroxyl groups is 1. The zero-order valence-electron chi connectivity index (χ0n) is 27.9. The van der Waals surface area contributed by atoms with Crippen LogP contribution in [0.15, 0.2) is 60.1 Å². The lowest BCUT2D eigenvalue weighted by Crippen LogP contribution is -2.69. The van der Waals surface area contributed by atoms with E-state index >= 15 is 0 Å². The maximum absolute atomic E-state index is 15.0. The fraction of sp³-hybridized carbons (Fsp3) is 0.472. The summed E-state index contributed by atoms with van der Waals surface area (Å²) >= 11 is 0.509. The van der Waals surface area contributed by atoms with Gasteiger partial charge in [0, 0.05) is 56.8 Å². The fourth-order valence-corrected chi connectivity index (χ4v) is 7.64. The molecule has 6 rings (SSSR count). The number of hydrogen-bond donors (Lipinski definition) is 1. The average Bonchev–Trinajstić information content (AvgIpc) is 3.59. The van der Waals surface area contributed by atoms with Gasteiger partial charge in [-0.2, -0.15) is 13.2 Å². The Morgan fingerprint density at radius 3 is 2.68 bits per heavy atom. The summed E-state index contributed by atoms with van der Waals surface area (Å²) in [4.78, 5) is 38.5. The molecule has 0 saturated carbocycles. The second-order valence-electron chi connectivity index (χ2n) is 12.6. The number of halogens is 3. The monoisotopic (exact) mass is 714 g/mol. The van der Waals surface area contributed by atoms with E-state index in [1.54, 1.807) is 29.0 Å². The van der Waals surface area contributed by atoms with E-state index in [0.29, 0.717) is 86.8 Å². The SMILES string of the molecule is Cc1ccnc2c1C(=O)N1CCC[C@@](Oc3csc(C(F)(F)F)c3)(C(=O)N3CCN(c4ccccc4OCCO)CC3)[C@H]1C/C=C\CCCO2. The minimum absolute atomic E-state index is 0.0600. The van der Waals surface area contributed by atoms with Crippen LogP contribution < -0.4 is 19.1 Å². The molecular formula is C36H41F3N4O6S. The number of hydrogen-bond acceptors (Lipinski definition) is 9. The fourth-order valence-electron chi connectivity index (χ4n) is 6.96. The van der Waals surface area contributed by atoms with Gasteiger partial charge in [-0.25, -0.2) is 4.98 Å². The van der Waals surface area contributed by atoms with Crippen LogP contribution in [-0.4, -0.2) is 95.9 Å². The Kier molecular flexibility index (Phi) is 10.9. The number of aromatic nitrogens is 1. The van der Waals surface area contributed by atoms with Gasteiger partial charge < -0.3 is 34.0 Å². The number of piperazine rings is 1. The van der Waals surface area contributed by atoms with E-state index in [1.165, 1.54) is 5.38 Å². The standard InChI is InChI=1S/C36H41F3N4O6S/c1-25-12-14-40-32-31(25)33(45)43-15-8-13-35(29(43)11-4-2-3-7-21-48-32,49-26-23-30(50-24-26)36(37,38)39)34(46)42-18-16-41(17-19-42)27-9-5-6-10-28(27)47-22-20-44/h2,4-6,9-10,12,14,23-24,29,44H,3,7-8,11,13,15-22H2,1H3/b4-2-/t29-,35+/m1/s1. The Bertz CT molecular complexity index is 1690. The van der Waals surface area contributed by atoms with Gasteiger partial charge in [0.1, 0.15) is 28.5 Å². The number of ether oxygens (including phenoxy) is 3. The van der Waals surface area contributed by atoms with E-state index in [0.717, 1.165) is 11.8 Å². The minimum Gasteiger partial charge on any atom is -0.489 e. The van der Waals surface area contributed by atoms with E-state index in [9.17, 15) is 27.9 Å². The number of rotatable bonds is 7. The lowest BCUT2D eigenvalue weighted by atomic mass is 9.80. The number of nitrogens with zero attached hydrogens (tertiary/aromatic N) is 4. The maximum atomic E-state index is 15.0. The Morgan fingerprint density at radius 2 is 1.92 bits per heavy atom. The molecule has 14 heteroatoms. The lowest BCUT2D eigenvalue weighted by molar-refractivity contribution is -0.159. The number of carbonyl (C=O) groups excluding carboxylic acids is 2. The highest BCUT2D eigenvalue weighted by Crippen LogP contribution is 2.42. The van der Waals surface area contributed by atoms with Crippen molar-refractivity contribution in [3.8, 4) is 17.4 Å². The van der Waals surface area contributed by atoms with Gasteiger partial charge >= 0.3 is 6.18 Å². The summed E-state index contributed by atoms with van der Waals surface area (Å²) in [7, 11) is 0. The van der Waals surface area contributed by atoms with Crippen molar-refractivity contribution >= 4 is 28.8 Å². The molecule has 2 atom stereocenters. The van der Waals surface area contributed by atoms with Gasteiger partial charge in [-0.05, 0) is 56.4 Å². The Labute approximate surface area is 293 Å². The Balaban J connectivity index is 1.36. The predicted molar refractivity (Wildman–Crippen MR) is 182 cm³/mol. The molecule has 2 saturated heterocycles. The number of carbonyl (C=O) groups is 2. The number of fused-ring (bicyclic) bond motifs is 2. The third-order valence-corrected chi connectivity index (χ3v) is 10.3. The molecule has 5 heterocycles. The molecule has 0 radical (unpaired) electrons. The van der Waals surface area contributed by atoms with E-state index in [-0.39, 0.29) is 49.5 Å². The molecule has 1 aromatic carbocycles. The molecule has 3 aromatic rings. The molecule has 2 amide bonds. The largest absolute Gasteiger partial charge is 0.489 e. The maximum Gasteiger partial charge on any atom is 0.425 e.